The lowest BCUT2D eigenvalue weighted by molar-refractivity contribution is -0.140. The number of hydrogen-bond donors (Lipinski definition) is 0. The number of hydrogen-bond acceptors (Lipinski definition) is 5. The highest BCUT2D eigenvalue weighted by Gasteiger charge is 2.31. The van der Waals surface area contributed by atoms with Crippen molar-refractivity contribution >= 4 is 11.8 Å². The van der Waals surface area contributed by atoms with Crippen molar-refractivity contribution in [2.24, 2.45) is 5.92 Å². The lowest BCUT2D eigenvalue weighted by Crippen LogP contribution is -2.48. The van der Waals surface area contributed by atoms with Crippen LogP contribution in [0, 0.1) is 5.92 Å². The second kappa shape index (κ2) is 7.66. The van der Waals surface area contributed by atoms with Gasteiger partial charge in [0.05, 0.1) is 0 Å². The van der Waals surface area contributed by atoms with E-state index in [9.17, 15) is 9.59 Å². The van der Waals surface area contributed by atoms with Crippen LogP contribution < -0.4 is 14.2 Å². The van der Waals surface area contributed by atoms with Crippen LogP contribution in [0.4, 0.5) is 0 Å². The molecule has 3 aliphatic rings. The zero-order valence-corrected chi connectivity index (χ0v) is 15.7. The van der Waals surface area contributed by atoms with E-state index in [1.807, 2.05) is 9.80 Å². The zero-order chi connectivity index (χ0) is 18.8. The van der Waals surface area contributed by atoms with Crippen molar-refractivity contribution in [2.75, 3.05) is 33.0 Å². The van der Waals surface area contributed by atoms with Gasteiger partial charge in [-0.05, 0) is 44.2 Å². The SMILES string of the molecule is CC(Oc1ccc2c(c1)OCO2)C(=O)N1CCCC(CN2CCCC2=O)C1. The maximum Gasteiger partial charge on any atom is 0.263 e. The minimum absolute atomic E-state index is 0.00915. The van der Waals surface area contributed by atoms with Crippen molar-refractivity contribution in [3.05, 3.63) is 18.2 Å². The first kappa shape index (κ1) is 17.9. The lowest BCUT2D eigenvalue weighted by atomic mass is 9.97. The molecule has 0 radical (unpaired) electrons. The third-order valence-corrected chi connectivity index (χ3v) is 5.49. The largest absolute Gasteiger partial charge is 0.481 e. The molecule has 2 saturated heterocycles. The number of nitrogens with zero attached hydrogens (tertiary/aromatic N) is 2. The van der Waals surface area contributed by atoms with Crippen molar-refractivity contribution in [3.63, 3.8) is 0 Å². The molecule has 146 valence electrons. The van der Waals surface area contributed by atoms with Gasteiger partial charge in [-0.2, -0.15) is 0 Å². The van der Waals surface area contributed by atoms with Crippen LogP contribution in [0.3, 0.4) is 0 Å². The Hall–Kier alpha value is -2.44. The fraction of sp³-hybridized carbons (Fsp3) is 0.600. The third kappa shape index (κ3) is 3.96. The van der Waals surface area contributed by atoms with Gasteiger partial charge in [-0.1, -0.05) is 0 Å². The molecule has 0 aliphatic carbocycles. The normalized spacial score (nSPS) is 22.9. The summed E-state index contributed by atoms with van der Waals surface area (Å²) < 4.78 is 16.5. The van der Waals surface area contributed by atoms with E-state index in [4.69, 9.17) is 14.2 Å². The molecule has 0 N–H and O–H groups in total. The van der Waals surface area contributed by atoms with E-state index in [0.717, 1.165) is 38.9 Å². The molecule has 7 nitrogen and oxygen atoms in total. The molecule has 2 atom stereocenters. The monoisotopic (exact) mass is 374 g/mol. The number of carbonyl (C=O) groups excluding carboxylic acids is 2. The van der Waals surface area contributed by atoms with Crippen LogP contribution in [-0.4, -0.2) is 60.7 Å². The molecular weight excluding hydrogens is 348 g/mol. The van der Waals surface area contributed by atoms with Crippen LogP contribution in [0.1, 0.15) is 32.6 Å². The van der Waals surface area contributed by atoms with Crippen molar-refractivity contribution in [1.82, 2.24) is 9.80 Å². The number of benzene rings is 1. The van der Waals surface area contributed by atoms with Crippen molar-refractivity contribution in [3.8, 4) is 17.2 Å². The fourth-order valence-corrected chi connectivity index (χ4v) is 4.08. The van der Waals surface area contributed by atoms with Gasteiger partial charge >= 0.3 is 0 Å². The summed E-state index contributed by atoms with van der Waals surface area (Å²) in [6.07, 6.45) is 3.07. The van der Waals surface area contributed by atoms with Crippen molar-refractivity contribution in [1.29, 1.82) is 0 Å². The van der Waals surface area contributed by atoms with Gasteiger partial charge in [-0.15, -0.1) is 0 Å². The lowest BCUT2D eigenvalue weighted by Gasteiger charge is -2.35. The van der Waals surface area contributed by atoms with Gasteiger partial charge in [0.25, 0.3) is 5.91 Å². The Morgan fingerprint density at radius 3 is 2.93 bits per heavy atom. The molecule has 0 spiro atoms. The van der Waals surface area contributed by atoms with Crippen LogP contribution in [0.5, 0.6) is 17.2 Å². The number of likely N-dealkylation sites (tertiary alicyclic amines) is 2. The van der Waals surface area contributed by atoms with E-state index >= 15 is 0 Å². The Balaban J connectivity index is 1.33. The molecule has 0 bridgehead atoms. The van der Waals surface area contributed by atoms with E-state index in [1.54, 1.807) is 25.1 Å². The molecular formula is C20H26N2O5. The molecule has 0 saturated carbocycles. The minimum Gasteiger partial charge on any atom is -0.481 e. The summed E-state index contributed by atoms with van der Waals surface area (Å²) in [5, 5.41) is 0. The fourth-order valence-electron chi connectivity index (χ4n) is 4.08. The number of piperidine rings is 1. The second-order valence-corrected chi connectivity index (χ2v) is 7.51. The quantitative estimate of drug-likeness (QED) is 0.789. The molecule has 27 heavy (non-hydrogen) atoms. The number of carbonyl (C=O) groups is 2. The van der Waals surface area contributed by atoms with E-state index in [1.165, 1.54) is 0 Å². The number of rotatable bonds is 5. The molecule has 7 heteroatoms. The number of amides is 2. The summed E-state index contributed by atoms with van der Waals surface area (Å²) in [7, 11) is 0. The Morgan fingerprint density at radius 2 is 2.11 bits per heavy atom. The van der Waals surface area contributed by atoms with Gasteiger partial charge in [0, 0.05) is 38.7 Å². The van der Waals surface area contributed by atoms with Gasteiger partial charge < -0.3 is 24.0 Å². The number of ether oxygens (including phenoxy) is 3. The minimum atomic E-state index is -0.572. The van der Waals surface area contributed by atoms with Crippen molar-refractivity contribution in [2.45, 2.75) is 38.7 Å². The first-order valence-corrected chi connectivity index (χ1v) is 9.73. The third-order valence-electron chi connectivity index (χ3n) is 5.49. The molecule has 1 aromatic carbocycles. The van der Waals surface area contributed by atoms with E-state index in [-0.39, 0.29) is 18.6 Å². The van der Waals surface area contributed by atoms with Crippen LogP contribution >= 0.6 is 0 Å². The highest BCUT2D eigenvalue weighted by atomic mass is 16.7. The molecule has 2 amide bonds. The average molecular weight is 374 g/mol. The summed E-state index contributed by atoms with van der Waals surface area (Å²) in [6.45, 7) is 5.05. The van der Waals surface area contributed by atoms with Crippen molar-refractivity contribution < 1.29 is 23.8 Å². The molecule has 0 aromatic heterocycles. The van der Waals surface area contributed by atoms with E-state index in [2.05, 4.69) is 0 Å². The maximum atomic E-state index is 12.8. The van der Waals surface area contributed by atoms with Gasteiger partial charge in [0.15, 0.2) is 17.6 Å². The van der Waals surface area contributed by atoms with Crippen LogP contribution in [0.15, 0.2) is 18.2 Å². The molecule has 2 unspecified atom stereocenters. The van der Waals surface area contributed by atoms with Gasteiger partial charge in [-0.3, -0.25) is 9.59 Å². The summed E-state index contributed by atoms with van der Waals surface area (Å²) in [5.41, 5.74) is 0. The van der Waals surface area contributed by atoms with Gasteiger partial charge in [-0.25, -0.2) is 0 Å². The summed E-state index contributed by atoms with van der Waals surface area (Å²) in [6, 6.07) is 5.33. The highest BCUT2D eigenvalue weighted by Crippen LogP contribution is 2.35. The molecule has 2 fully saturated rings. The average Bonchev–Trinajstić information content (AvgIpc) is 3.30. The number of fused-ring (bicyclic) bond motifs is 1. The predicted octanol–water partition coefficient (Wildman–Crippen LogP) is 2.04. The first-order valence-electron chi connectivity index (χ1n) is 9.73. The summed E-state index contributed by atoms with van der Waals surface area (Å²) in [5.74, 6) is 2.51. The van der Waals surface area contributed by atoms with Crippen LogP contribution in [0.2, 0.25) is 0 Å². The maximum absolute atomic E-state index is 12.8. The summed E-state index contributed by atoms with van der Waals surface area (Å²) in [4.78, 5) is 28.5. The standard InChI is InChI=1S/C20H26N2O5/c1-14(27-16-6-7-17-18(10-16)26-13-25-17)20(24)22-9-2-4-15(12-22)11-21-8-3-5-19(21)23/h6-7,10,14-15H,2-5,8-9,11-13H2,1H3. The Labute approximate surface area is 159 Å². The van der Waals surface area contributed by atoms with Crippen LogP contribution in [0.25, 0.3) is 0 Å². The predicted molar refractivity (Wildman–Crippen MR) is 97.8 cm³/mol. The first-order chi connectivity index (χ1) is 13.1. The molecule has 4 rings (SSSR count). The second-order valence-electron chi connectivity index (χ2n) is 7.51. The van der Waals surface area contributed by atoms with E-state index in [0.29, 0.717) is 36.1 Å². The van der Waals surface area contributed by atoms with Gasteiger partial charge in [0.2, 0.25) is 12.7 Å². The van der Waals surface area contributed by atoms with Gasteiger partial charge in [0.1, 0.15) is 5.75 Å². The smallest absolute Gasteiger partial charge is 0.263 e. The summed E-state index contributed by atoms with van der Waals surface area (Å²) >= 11 is 0. The Morgan fingerprint density at radius 1 is 1.26 bits per heavy atom. The zero-order valence-electron chi connectivity index (χ0n) is 15.7. The topological polar surface area (TPSA) is 68.3 Å². The Bertz CT molecular complexity index is 722. The molecule has 3 heterocycles. The van der Waals surface area contributed by atoms with E-state index < -0.39 is 6.10 Å². The Kier molecular flexibility index (Phi) is 5.09. The highest BCUT2D eigenvalue weighted by molar-refractivity contribution is 5.81. The van der Waals surface area contributed by atoms with Crippen LogP contribution in [-0.2, 0) is 9.59 Å². The molecule has 3 aliphatic heterocycles. The molecule has 1 aromatic rings.